The summed E-state index contributed by atoms with van der Waals surface area (Å²) in [6.07, 6.45) is 5.57. The Balaban J connectivity index is 2.73. The van der Waals surface area contributed by atoms with Gasteiger partial charge in [-0.25, -0.2) is 0 Å². The summed E-state index contributed by atoms with van der Waals surface area (Å²) < 4.78 is 28.7. The summed E-state index contributed by atoms with van der Waals surface area (Å²) in [5.41, 5.74) is 0. The molecular weight excluding hydrogens is 276 g/mol. The summed E-state index contributed by atoms with van der Waals surface area (Å²) in [6, 6.07) is 0. The molecule has 1 atom stereocenters. The van der Waals surface area contributed by atoms with E-state index in [1.165, 1.54) is 0 Å². The molecule has 1 unspecified atom stereocenters. The van der Waals surface area contributed by atoms with E-state index in [0.717, 1.165) is 38.5 Å². The van der Waals surface area contributed by atoms with Gasteiger partial charge in [-0.1, -0.05) is 26.7 Å². The van der Waals surface area contributed by atoms with Crippen molar-refractivity contribution < 1.29 is 13.5 Å². The Hall–Kier alpha value is -0.170. The summed E-state index contributed by atoms with van der Waals surface area (Å²) in [5.74, 6) is 0.0951. The summed E-state index contributed by atoms with van der Waals surface area (Å²) in [5, 5.41) is 9.26. The fourth-order valence-corrected chi connectivity index (χ4v) is 4.37. The normalized spacial score (nSPS) is 21.5. The van der Waals surface area contributed by atoms with Gasteiger partial charge in [0.05, 0.1) is 0 Å². The predicted octanol–water partition coefficient (Wildman–Crippen LogP) is 1.84. The van der Waals surface area contributed by atoms with Gasteiger partial charge in [0.25, 0.3) is 10.2 Å². The molecule has 0 aromatic carbocycles. The average Bonchev–Trinajstić information content (AvgIpc) is 2.47. The second kappa shape index (κ2) is 8.97. The molecule has 1 rings (SSSR count). The minimum absolute atomic E-state index is 0.0793. The molecule has 6 heteroatoms. The van der Waals surface area contributed by atoms with Gasteiger partial charge in [-0.05, 0) is 31.6 Å². The zero-order chi connectivity index (χ0) is 15.0. The first-order valence-electron chi connectivity index (χ1n) is 7.92. The first-order valence-corrected chi connectivity index (χ1v) is 9.32. The van der Waals surface area contributed by atoms with Crippen LogP contribution in [0.1, 0.15) is 52.4 Å². The van der Waals surface area contributed by atoms with Crippen LogP contribution in [0.15, 0.2) is 0 Å². The van der Waals surface area contributed by atoms with Crippen LogP contribution >= 0.6 is 0 Å². The first-order chi connectivity index (χ1) is 9.56. The molecule has 5 nitrogen and oxygen atoms in total. The maximum Gasteiger partial charge on any atom is 0.281 e. The molecule has 0 radical (unpaired) electrons. The molecule has 0 saturated carbocycles. The molecule has 0 aromatic rings. The van der Waals surface area contributed by atoms with Gasteiger partial charge in [0.2, 0.25) is 0 Å². The number of piperidine rings is 1. The summed E-state index contributed by atoms with van der Waals surface area (Å²) in [7, 11) is -3.36. The van der Waals surface area contributed by atoms with E-state index in [1.54, 1.807) is 8.61 Å². The molecule has 0 aliphatic carbocycles. The highest BCUT2D eigenvalue weighted by atomic mass is 32.2. The number of aliphatic hydroxyl groups is 1. The SMILES string of the molecule is CCCCN(CCCC)S(=O)(=O)N1CCCC(CO)C1. The number of unbranched alkanes of at least 4 members (excludes halogenated alkanes) is 2. The lowest BCUT2D eigenvalue weighted by molar-refractivity contribution is 0.160. The monoisotopic (exact) mass is 306 g/mol. The van der Waals surface area contributed by atoms with Gasteiger partial charge in [-0.2, -0.15) is 17.0 Å². The zero-order valence-electron chi connectivity index (χ0n) is 12.9. The molecule has 1 aliphatic heterocycles. The largest absolute Gasteiger partial charge is 0.396 e. The molecule has 0 spiro atoms. The molecule has 1 N–H and O–H groups in total. The number of rotatable bonds is 9. The molecule has 20 heavy (non-hydrogen) atoms. The maximum atomic E-state index is 12.7. The Morgan fingerprint density at radius 3 is 2.30 bits per heavy atom. The number of hydrogen-bond donors (Lipinski definition) is 1. The Kier molecular flexibility index (Phi) is 8.02. The zero-order valence-corrected chi connectivity index (χ0v) is 13.7. The Labute approximate surface area is 124 Å². The van der Waals surface area contributed by atoms with E-state index in [2.05, 4.69) is 13.8 Å². The Morgan fingerprint density at radius 2 is 1.80 bits per heavy atom. The molecule has 1 heterocycles. The van der Waals surface area contributed by atoms with Crippen LogP contribution in [0.4, 0.5) is 0 Å². The summed E-state index contributed by atoms with van der Waals surface area (Å²) in [6.45, 7) is 6.51. The van der Waals surface area contributed by atoms with Crippen molar-refractivity contribution >= 4 is 10.2 Å². The highest BCUT2D eigenvalue weighted by Gasteiger charge is 2.32. The third-order valence-corrected chi connectivity index (χ3v) is 5.92. The minimum atomic E-state index is -3.36. The first kappa shape index (κ1) is 17.9. The fraction of sp³-hybridized carbons (Fsp3) is 1.00. The lowest BCUT2D eigenvalue weighted by Crippen LogP contribution is -2.49. The van der Waals surface area contributed by atoms with Crippen molar-refractivity contribution in [1.29, 1.82) is 0 Å². The van der Waals surface area contributed by atoms with E-state index in [0.29, 0.717) is 26.2 Å². The van der Waals surface area contributed by atoms with Crippen LogP contribution in [0.3, 0.4) is 0 Å². The van der Waals surface area contributed by atoms with Crippen molar-refractivity contribution in [3.8, 4) is 0 Å². The second-order valence-electron chi connectivity index (χ2n) is 5.66. The van der Waals surface area contributed by atoms with Gasteiger partial charge in [-0.15, -0.1) is 0 Å². The van der Waals surface area contributed by atoms with E-state index in [1.807, 2.05) is 0 Å². The van der Waals surface area contributed by atoms with Crippen molar-refractivity contribution in [2.75, 3.05) is 32.8 Å². The lowest BCUT2D eigenvalue weighted by atomic mass is 10.0. The van der Waals surface area contributed by atoms with E-state index in [-0.39, 0.29) is 12.5 Å². The molecule has 120 valence electrons. The highest BCUT2D eigenvalue weighted by Crippen LogP contribution is 2.21. The van der Waals surface area contributed by atoms with Crippen LogP contribution in [0.5, 0.6) is 0 Å². The van der Waals surface area contributed by atoms with Crippen molar-refractivity contribution in [1.82, 2.24) is 8.61 Å². The smallest absolute Gasteiger partial charge is 0.281 e. The summed E-state index contributed by atoms with van der Waals surface area (Å²) >= 11 is 0. The summed E-state index contributed by atoms with van der Waals surface area (Å²) in [4.78, 5) is 0. The molecule has 0 amide bonds. The number of nitrogens with zero attached hydrogens (tertiary/aromatic N) is 2. The molecule has 1 aliphatic rings. The maximum absolute atomic E-state index is 12.7. The van der Waals surface area contributed by atoms with Crippen LogP contribution in [0, 0.1) is 5.92 Å². The fourth-order valence-electron chi connectivity index (χ4n) is 2.56. The second-order valence-corrected chi connectivity index (χ2v) is 7.59. The number of hydrogen-bond acceptors (Lipinski definition) is 3. The van der Waals surface area contributed by atoms with Gasteiger partial charge < -0.3 is 5.11 Å². The Bertz CT molecular complexity index is 351. The van der Waals surface area contributed by atoms with Gasteiger partial charge in [0.15, 0.2) is 0 Å². The van der Waals surface area contributed by atoms with Gasteiger partial charge >= 0.3 is 0 Å². The minimum Gasteiger partial charge on any atom is -0.396 e. The molecular formula is C14H30N2O3S. The molecule has 1 fully saturated rings. The number of aliphatic hydroxyl groups excluding tert-OH is 1. The predicted molar refractivity (Wildman–Crippen MR) is 81.7 cm³/mol. The molecule has 0 bridgehead atoms. The van der Waals surface area contributed by atoms with E-state index < -0.39 is 10.2 Å². The van der Waals surface area contributed by atoms with Crippen LogP contribution < -0.4 is 0 Å². The van der Waals surface area contributed by atoms with E-state index in [9.17, 15) is 13.5 Å². The van der Waals surface area contributed by atoms with Crippen molar-refractivity contribution in [3.63, 3.8) is 0 Å². The topological polar surface area (TPSA) is 60.9 Å². The van der Waals surface area contributed by atoms with Crippen LogP contribution in [0.25, 0.3) is 0 Å². The third kappa shape index (κ3) is 4.98. The Morgan fingerprint density at radius 1 is 1.20 bits per heavy atom. The van der Waals surface area contributed by atoms with Gasteiger partial charge in [-0.3, -0.25) is 0 Å². The average molecular weight is 306 g/mol. The van der Waals surface area contributed by atoms with Crippen LogP contribution in [0.2, 0.25) is 0 Å². The lowest BCUT2D eigenvalue weighted by Gasteiger charge is -2.35. The quantitative estimate of drug-likeness (QED) is 0.707. The molecule has 1 saturated heterocycles. The van der Waals surface area contributed by atoms with Gasteiger partial charge in [0.1, 0.15) is 0 Å². The highest BCUT2D eigenvalue weighted by molar-refractivity contribution is 7.86. The third-order valence-electron chi connectivity index (χ3n) is 3.91. The van der Waals surface area contributed by atoms with Crippen LogP contribution in [-0.4, -0.2) is 54.9 Å². The standard InChI is InChI=1S/C14H30N2O3S/c1-3-5-9-15(10-6-4-2)20(18,19)16-11-7-8-14(12-16)13-17/h14,17H,3-13H2,1-2H3. The molecule has 0 aromatic heterocycles. The van der Waals surface area contributed by atoms with Gasteiger partial charge in [0, 0.05) is 32.8 Å². The van der Waals surface area contributed by atoms with E-state index in [4.69, 9.17) is 0 Å². The van der Waals surface area contributed by atoms with Crippen molar-refractivity contribution in [2.45, 2.75) is 52.4 Å². The van der Waals surface area contributed by atoms with Crippen LogP contribution in [-0.2, 0) is 10.2 Å². The van der Waals surface area contributed by atoms with E-state index >= 15 is 0 Å². The van der Waals surface area contributed by atoms with Crippen molar-refractivity contribution in [2.24, 2.45) is 5.92 Å². The van der Waals surface area contributed by atoms with Crippen molar-refractivity contribution in [3.05, 3.63) is 0 Å².